The zero-order valence-corrected chi connectivity index (χ0v) is 15.8. The van der Waals surface area contributed by atoms with Crippen molar-refractivity contribution in [3.05, 3.63) is 54.2 Å². The Balaban J connectivity index is 2.16. The molecule has 2 aromatic rings. The van der Waals surface area contributed by atoms with Gasteiger partial charge in [0.15, 0.2) is 5.78 Å². The van der Waals surface area contributed by atoms with E-state index in [0.717, 1.165) is 10.8 Å². The number of urea groups is 1. The Bertz CT molecular complexity index is 814. The fraction of sp³-hybridized carbons (Fsp3) is 0.333. The van der Waals surface area contributed by atoms with Gasteiger partial charge in [-0.05, 0) is 18.4 Å². The van der Waals surface area contributed by atoms with Crippen molar-refractivity contribution in [3.8, 4) is 0 Å². The molecule has 0 radical (unpaired) electrons. The van der Waals surface area contributed by atoms with Gasteiger partial charge in [0.25, 0.3) is 0 Å². The minimum atomic E-state index is -0.523. The maximum atomic E-state index is 12.4. The zero-order valence-electron chi connectivity index (χ0n) is 15.8. The lowest BCUT2D eigenvalue weighted by atomic mass is 9.90. The number of ether oxygens (including phenoxy) is 1. The van der Waals surface area contributed by atoms with Crippen molar-refractivity contribution < 1.29 is 14.3 Å². The van der Waals surface area contributed by atoms with E-state index in [-0.39, 0.29) is 12.4 Å². The Hall–Kier alpha value is -2.66. The van der Waals surface area contributed by atoms with Gasteiger partial charge in [-0.15, -0.1) is 0 Å². The average molecular weight is 354 g/mol. The molecule has 2 aromatic carbocycles. The van der Waals surface area contributed by atoms with Crippen LogP contribution in [0.5, 0.6) is 0 Å². The van der Waals surface area contributed by atoms with Crippen molar-refractivity contribution in [2.75, 3.05) is 18.5 Å². The standard InChI is InChI=1S/C21H26N2O3/c1-5-26-14-16(13-19(24)21(2,3)4)22-20(25)23-18-12-8-10-15-9-6-7-11-17(15)18/h6-13H,5,14H2,1-4H3,(H2,22,23,25). The van der Waals surface area contributed by atoms with E-state index in [0.29, 0.717) is 18.0 Å². The van der Waals surface area contributed by atoms with Gasteiger partial charge in [-0.3, -0.25) is 4.79 Å². The number of benzene rings is 2. The Morgan fingerprint density at radius 2 is 1.77 bits per heavy atom. The normalized spacial score (nSPS) is 12.1. The molecule has 5 nitrogen and oxygen atoms in total. The van der Waals surface area contributed by atoms with Crippen LogP contribution >= 0.6 is 0 Å². The highest BCUT2D eigenvalue weighted by molar-refractivity contribution is 6.02. The molecule has 0 bridgehead atoms. The molecule has 0 aromatic heterocycles. The second-order valence-corrected chi connectivity index (χ2v) is 7.03. The number of anilines is 1. The molecule has 0 fully saturated rings. The monoisotopic (exact) mass is 354 g/mol. The fourth-order valence-corrected chi connectivity index (χ4v) is 2.33. The van der Waals surface area contributed by atoms with Crippen molar-refractivity contribution in [2.24, 2.45) is 5.41 Å². The second kappa shape index (κ2) is 8.63. The minimum Gasteiger partial charge on any atom is -0.376 e. The largest absolute Gasteiger partial charge is 0.376 e. The molecule has 2 rings (SSSR count). The van der Waals surface area contributed by atoms with E-state index in [4.69, 9.17) is 4.74 Å². The molecular formula is C21H26N2O3. The summed E-state index contributed by atoms with van der Waals surface area (Å²) in [6.45, 7) is 8.02. The van der Waals surface area contributed by atoms with E-state index >= 15 is 0 Å². The number of amides is 2. The Labute approximate surface area is 154 Å². The number of hydrogen-bond donors (Lipinski definition) is 2. The number of ketones is 1. The number of carbonyl (C=O) groups excluding carboxylic acids is 2. The van der Waals surface area contributed by atoms with Gasteiger partial charge in [0.1, 0.15) is 0 Å². The molecule has 26 heavy (non-hydrogen) atoms. The molecular weight excluding hydrogens is 328 g/mol. The van der Waals surface area contributed by atoms with Crippen LogP contribution in [0.4, 0.5) is 10.5 Å². The summed E-state index contributed by atoms with van der Waals surface area (Å²) in [7, 11) is 0. The van der Waals surface area contributed by atoms with E-state index in [1.807, 2.05) is 70.2 Å². The highest BCUT2D eigenvalue weighted by Crippen LogP contribution is 2.23. The maximum absolute atomic E-state index is 12.4. The first kappa shape index (κ1) is 19.7. The SMILES string of the molecule is CCOCC(=CC(=O)C(C)(C)C)NC(=O)Nc1cccc2ccccc12. The highest BCUT2D eigenvalue weighted by Gasteiger charge is 2.20. The predicted octanol–water partition coefficient (Wildman–Crippen LogP) is 4.50. The van der Waals surface area contributed by atoms with E-state index in [1.165, 1.54) is 6.08 Å². The summed E-state index contributed by atoms with van der Waals surface area (Å²) < 4.78 is 5.37. The first-order valence-corrected chi connectivity index (χ1v) is 8.69. The molecule has 0 saturated heterocycles. The van der Waals surface area contributed by atoms with Crippen LogP contribution in [0, 0.1) is 5.41 Å². The van der Waals surface area contributed by atoms with E-state index in [1.54, 1.807) is 0 Å². The zero-order chi connectivity index (χ0) is 19.2. The van der Waals surface area contributed by atoms with Crippen molar-refractivity contribution in [3.63, 3.8) is 0 Å². The van der Waals surface area contributed by atoms with Gasteiger partial charge in [-0.25, -0.2) is 4.79 Å². The summed E-state index contributed by atoms with van der Waals surface area (Å²) in [5.41, 5.74) is 0.619. The quantitative estimate of drug-likeness (QED) is 0.751. The first-order valence-electron chi connectivity index (χ1n) is 8.69. The number of rotatable bonds is 6. The summed E-state index contributed by atoms with van der Waals surface area (Å²) in [4.78, 5) is 24.7. The third-order valence-corrected chi connectivity index (χ3v) is 3.82. The van der Waals surface area contributed by atoms with Crippen LogP contribution in [0.3, 0.4) is 0 Å². The maximum Gasteiger partial charge on any atom is 0.323 e. The van der Waals surface area contributed by atoms with Crippen molar-refractivity contribution >= 4 is 28.3 Å². The number of carbonyl (C=O) groups is 2. The van der Waals surface area contributed by atoms with Crippen LogP contribution in [0.2, 0.25) is 0 Å². The van der Waals surface area contributed by atoms with E-state index in [2.05, 4.69) is 10.6 Å². The number of hydrogen-bond acceptors (Lipinski definition) is 3. The third-order valence-electron chi connectivity index (χ3n) is 3.82. The second-order valence-electron chi connectivity index (χ2n) is 7.03. The summed E-state index contributed by atoms with van der Waals surface area (Å²) in [6.07, 6.45) is 1.44. The molecule has 0 heterocycles. The molecule has 0 aliphatic carbocycles. The molecule has 0 unspecified atom stereocenters. The molecule has 0 spiro atoms. The van der Waals surface area contributed by atoms with Gasteiger partial charge in [-0.1, -0.05) is 57.2 Å². The van der Waals surface area contributed by atoms with Crippen LogP contribution in [-0.4, -0.2) is 25.0 Å². The average Bonchev–Trinajstić information content (AvgIpc) is 2.59. The lowest BCUT2D eigenvalue weighted by Gasteiger charge is -2.16. The molecule has 0 atom stereocenters. The molecule has 2 amide bonds. The van der Waals surface area contributed by atoms with Gasteiger partial charge in [0, 0.05) is 29.2 Å². The summed E-state index contributed by atoms with van der Waals surface area (Å²) in [5, 5.41) is 7.57. The fourth-order valence-electron chi connectivity index (χ4n) is 2.33. The summed E-state index contributed by atoms with van der Waals surface area (Å²) in [5.74, 6) is -0.0716. The predicted molar refractivity (Wildman–Crippen MR) is 105 cm³/mol. The van der Waals surface area contributed by atoms with Gasteiger partial charge in [0.05, 0.1) is 12.3 Å². The van der Waals surface area contributed by atoms with Crippen LogP contribution in [-0.2, 0) is 9.53 Å². The van der Waals surface area contributed by atoms with Gasteiger partial charge >= 0.3 is 6.03 Å². The van der Waals surface area contributed by atoms with Crippen LogP contribution < -0.4 is 10.6 Å². The number of fused-ring (bicyclic) bond motifs is 1. The van der Waals surface area contributed by atoms with Crippen LogP contribution in [0.15, 0.2) is 54.2 Å². The van der Waals surface area contributed by atoms with E-state index in [9.17, 15) is 9.59 Å². The Morgan fingerprint density at radius 3 is 2.46 bits per heavy atom. The Morgan fingerprint density at radius 1 is 1.08 bits per heavy atom. The smallest absolute Gasteiger partial charge is 0.323 e. The molecule has 0 aliphatic rings. The molecule has 5 heteroatoms. The lowest BCUT2D eigenvalue weighted by Crippen LogP contribution is -2.31. The minimum absolute atomic E-state index is 0.0716. The molecule has 0 saturated carbocycles. The van der Waals surface area contributed by atoms with Crippen LogP contribution in [0.25, 0.3) is 10.8 Å². The lowest BCUT2D eigenvalue weighted by molar-refractivity contribution is -0.121. The van der Waals surface area contributed by atoms with Crippen LogP contribution in [0.1, 0.15) is 27.7 Å². The summed E-state index contributed by atoms with van der Waals surface area (Å²) >= 11 is 0. The molecule has 2 N–H and O–H groups in total. The van der Waals surface area contributed by atoms with Gasteiger partial charge < -0.3 is 15.4 Å². The van der Waals surface area contributed by atoms with Gasteiger partial charge in [-0.2, -0.15) is 0 Å². The van der Waals surface area contributed by atoms with Gasteiger partial charge in [0.2, 0.25) is 0 Å². The first-order chi connectivity index (χ1) is 12.3. The Kier molecular flexibility index (Phi) is 6.52. The molecule has 0 aliphatic heterocycles. The number of nitrogens with one attached hydrogen (secondary N) is 2. The van der Waals surface area contributed by atoms with Crippen molar-refractivity contribution in [1.82, 2.24) is 5.32 Å². The van der Waals surface area contributed by atoms with Crippen molar-refractivity contribution in [2.45, 2.75) is 27.7 Å². The van der Waals surface area contributed by atoms with E-state index < -0.39 is 11.4 Å². The highest BCUT2D eigenvalue weighted by atomic mass is 16.5. The topological polar surface area (TPSA) is 67.4 Å². The number of allylic oxidation sites excluding steroid dienone is 1. The summed E-state index contributed by atoms with van der Waals surface area (Å²) in [6, 6.07) is 13.1. The molecule has 138 valence electrons. The van der Waals surface area contributed by atoms with Crippen molar-refractivity contribution in [1.29, 1.82) is 0 Å². The third kappa shape index (κ3) is 5.43.